The molecule has 1 N–H and O–H groups in total. The Morgan fingerprint density at radius 3 is 2.62 bits per heavy atom. The van der Waals surface area contributed by atoms with Gasteiger partial charge < -0.3 is 18.6 Å². The zero-order chi connectivity index (χ0) is 24.7. The van der Waals surface area contributed by atoms with Crippen LogP contribution in [0.25, 0.3) is 0 Å². The Hall–Kier alpha value is -4.38. The lowest BCUT2D eigenvalue weighted by atomic mass is 10.2. The van der Waals surface area contributed by atoms with E-state index in [4.69, 9.17) is 25.5 Å². The maximum atomic E-state index is 12.2. The Morgan fingerprint density at radius 1 is 1.15 bits per heavy atom. The average molecular weight is 488 g/mol. The van der Waals surface area contributed by atoms with Gasteiger partial charge in [0.05, 0.1) is 35.9 Å². The van der Waals surface area contributed by atoms with Gasteiger partial charge in [-0.15, -0.1) is 0 Å². The number of benzene rings is 2. The fourth-order valence-electron chi connectivity index (χ4n) is 2.73. The number of nitro groups is 1. The van der Waals surface area contributed by atoms with Crippen molar-refractivity contribution in [1.29, 1.82) is 0 Å². The monoisotopic (exact) mass is 487 g/mol. The number of halogens is 1. The van der Waals surface area contributed by atoms with Crippen molar-refractivity contribution >= 4 is 35.4 Å². The normalized spacial score (nSPS) is 10.7. The van der Waals surface area contributed by atoms with Crippen LogP contribution in [0.2, 0.25) is 5.02 Å². The van der Waals surface area contributed by atoms with E-state index in [0.29, 0.717) is 22.8 Å². The molecule has 0 saturated heterocycles. The highest BCUT2D eigenvalue weighted by Gasteiger charge is 2.15. The number of hydrogen-bond donors (Lipinski definition) is 1. The fraction of sp³-hybridized carbons (Fsp3) is 0.136. The summed E-state index contributed by atoms with van der Waals surface area (Å²) >= 11 is 5.94. The molecule has 1 aromatic heterocycles. The van der Waals surface area contributed by atoms with Crippen molar-refractivity contribution in [3.05, 3.63) is 86.3 Å². The number of hydrazone groups is 1. The molecule has 0 atom stereocenters. The number of amides is 1. The SMILES string of the molecule is COC(=O)c1ccc(COc2ccc(/C=N\NC(=O)c3ccc([N+](=O)[O-])cc3Cl)cc2OC)o1. The van der Waals surface area contributed by atoms with E-state index in [1.165, 1.54) is 38.6 Å². The Balaban J connectivity index is 1.62. The molecule has 1 amide bonds. The van der Waals surface area contributed by atoms with Crippen LogP contribution in [0.15, 0.2) is 58.0 Å². The van der Waals surface area contributed by atoms with E-state index in [1.807, 2.05) is 0 Å². The quantitative estimate of drug-likeness (QED) is 0.206. The minimum Gasteiger partial charge on any atom is -0.493 e. The number of hydrogen-bond acceptors (Lipinski definition) is 9. The van der Waals surface area contributed by atoms with Crippen LogP contribution in [0.3, 0.4) is 0 Å². The highest BCUT2D eigenvalue weighted by atomic mass is 35.5. The zero-order valence-electron chi connectivity index (χ0n) is 17.9. The van der Waals surface area contributed by atoms with Crippen molar-refractivity contribution in [3.8, 4) is 11.5 Å². The summed E-state index contributed by atoms with van der Waals surface area (Å²) in [5, 5.41) is 14.6. The number of nitrogens with zero attached hydrogens (tertiary/aromatic N) is 2. The van der Waals surface area contributed by atoms with Crippen molar-refractivity contribution in [1.82, 2.24) is 5.43 Å². The Bertz CT molecular complexity index is 1250. The van der Waals surface area contributed by atoms with E-state index in [-0.39, 0.29) is 28.6 Å². The summed E-state index contributed by atoms with van der Waals surface area (Å²) in [6.45, 7) is 0.0485. The van der Waals surface area contributed by atoms with Crippen LogP contribution < -0.4 is 14.9 Å². The molecule has 0 aliphatic carbocycles. The molecule has 3 rings (SSSR count). The Labute approximate surface area is 198 Å². The number of rotatable bonds is 9. The standard InChI is InChI=1S/C22H18ClN3O8/c1-31-20-9-13(3-7-18(20)33-12-15-5-8-19(34-15)22(28)32-2)11-24-25-21(27)16-6-4-14(26(29)30)10-17(16)23/h3-11H,12H2,1-2H3,(H,25,27)/b24-11-. The van der Waals surface area contributed by atoms with Crippen molar-refractivity contribution in [2.24, 2.45) is 5.10 Å². The van der Waals surface area contributed by atoms with Gasteiger partial charge in [-0.3, -0.25) is 14.9 Å². The van der Waals surface area contributed by atoms with Crippen molar-refractivity contribution in [2.75, 3.05) is 14.2 Å². The number of methoxy groups -OCH3 is 2. The molecule has 176 valence electrons. The predicted molar refractivity (Wildman–Crippen MR) is 121 cm³/mol. The van der Waals surface area contributed by atoms with Gasteiger partial charge >= 0.3 is 5.97 Å². The predicted octanol–water partition coefficient (Wildman–Crippen LogP) is 3.98. The van der Waals surface area contributed by atoms with Gasteiger partial charge in [0.1, 0.15) is 12.4 Å². The molecule has 0 spiro atoms. The molecule has 11 nitrogen and oxygen atoms in total. The number of nitro benzene ring substituents is 1. The third-order valence-electron chi connectivity index (χ3n) is 4.39. The van der Waals surface area contributed by atoms with Crippen LogP contribution in [0.5, 0.6) is 11.5 Å². The molecule has 0 saturated carbocycles. The molecule has 0 unspecified atom stereocenters. The van der Waals surface area contributed by atoms with Crippen LogP contribution >= 0.6 is 11.6 Å². The first-order chi connectivity index (χ1) is 16.3. The molecule has 1 heterocycles. The first kappa shape index (κ1) is 24.3. The van der Waals surface area contributed by atoms with Gasteiger partial charge in [0, 0.05) is 12.1 Å². The van der Waals surface area contributed by atoms with Gasteiger partial charge in [0.15, 0.2) is 11.5 Å². The van der Waals surface area contributed by atoms with E-state index in [1.54, 1.807) is 24.3 Å². The fourth-order valence-corrected chi connectivity index (χ4v) is 2.99. The third-order valence-corrected chi connectivity index (χ3v) is 4.71. The largest absolute Gasteiger partial charge is 0.493 e. The lowest BCUT2D eigenvalue weighted by molar-refractivity contribution is -0.384. The van der Waals surface area contributed by atoms with Crippen LogP contribution in [0.1, 0.15) is 32.2 Å². The molecule has 0 bridgehead atoms. The molecule has 0 radical (unpaired) electrons. The molecule has 0 aliphatic rings. The Kier molecular flexibility index (Phi) is 7.83. The van der Waals surface area contributed by atoms with Crippen LogP contribution in [-0.4, -0.2) is 37.2 Å². The van der Waals surface area contributed by atoms with Gasteiger partial charge in [0.2, 0.25) is 5.76 Å². The second kappa shape index (κ2) is 11.0. The average Bonchev–Trinajstić information content (AvgIpc) is 3.31. The first-order valence-electron chi connectivity index (χ1n) is 9.57. The highest BCUT2D eigenvalue weighted by molar-refractivity contribution is 6.34. The van der Waals surface area contributed by atoms with Crippen LogP contribution in [0, 0.1) is 10.1 Å². The maximum Gasteiger partial charge on any atom is 0.373 e. The molecule has 0 fully saturated rings. The summed E-state index contributed by atoms with van der Waals surface area (Å²) in [4.78, 5) is 33.9. The van der Waals surface area contributed by atoms with E-state index in [0.717, 1.165) is 6.07 Å². The van der Waals surface area contributed by atoms with E-state index >= 15 is 0 Å². The molecular weight excluding hydrogens is 470 g/mol. The summed E-state index contributed by atoms with van der Waals surface area (Å²) in [5.74, 6) is 0.0754. The number of nitrogens with one attached hydrogen (secondary N) is 1. The summed E-state index contributed by atoms with van der Waals surface area (Å²) in [5.41, 5.74) is 2.71. The van der Waals surface area contributed by atoms with Gasteiger partial charge in [-0.2, -0.15) is 5.10 Å². The third kappa shape index (κ3) is 5.90. The molecular formula is C22H18ClN3O8. The summed E-state index contributed by atoms with van der Waals surface area (Å²) in [6.07, 6.45) is 1.37. The molecule has 0 aliphatic heterocycles. The van der Waals surface area contributed by atoms with Crippen molar-refractivity contribution in [3.63, 3.8) is 0 Å². The summed E-state index contributed by atoms with van der Waals surface area (Å²) < 4.78 is 21.0. The van der Waals surface area contributed by atoms with E-state index in [2.05, 4.69) is 15.3 Å². The molecule has 3 aromatic rings. The second-order valence-corrected chi connectivity index (χ2v) is 6.98. The topological polar surface area (TPSA) is 142 Å². The summed E-state index contributed by atoms with van der Waals surface area (Å²) in [6, 6.07) is 11.5. The van der Waals surface area contributed by atoms with Gasteiger partial charge in [-0.25, -0.2) is 10.2 Å². The minimum atomic E-state index is -0.632. The maximum absolute atomic E-state index is 12.2. The van der Waals surface area contributed by atoms with Crippen LogP contribution in [0.4, 0.5) is 5.69 Å². The van der Waals surface area contributed by atoms with Crippen molar-refractivity contribution in [2.45, 2.75) is 6.61 Å². The number of ether oxygens (including phenoxy) is 3. The van der Waals surface area contributed by atoms with Gasteiger partial charge in [-0.05, 0) is 42.0 Å². The first-order valence-corrected chi connectivity index (χ1v) is 9.95. The van der Waals surface area contributed by atoms with Crippen molar-refractivity contribution < 1.29 is 33.1 Å². The summed E-state index contributed by atoms with van der Waals surface area (Å²) in [7, 11) is 2.72. The number of non-ortho nitro benzene ring substituents is 1. The molecule has 12 heteroatoms. The smallest absolute Gasteiger partial charge is 0.373 e. The number of furan rings is 1. The second-order valence-electron chi connectivity index (χ2n) is 6.58. The molecule has 2 aromatic carbocycles. The number of carbonyl (C=O) groups is 2. The lowest BCUT2D eigenvalue weighted by Gasteiger charge is -2.10. The number of esters is 1. The van der Waals surface area contributed by atoms with Crippen LogP contribution in [-0.2, 0) is 11.3 Å². The minimum absolute atomic E-state index is 0.0408. The van der Waals surface area contributed by atoms with Gasteiger partial charge in [-0.1, -0.05) is 11.6 Å². The van der Waals surface area contributed by atoms with E-state index in [9.17, 15) is 19.7 Å². The van der Waals surface area contributed by atoms with Gasteiger partial charge in [0.25, 0.3) is 11.6 Å². The molecule has 34 heavy (non-hydrogen) atoms. The number of carbonyl (C=O) groups excluding carboxylic acids is 2. The van der Waals surface area contributed by atoms with E-state index < -0.39 is 16.8 Å². The lowest BCUT2D eigenvalue weighted by Crippen LogP contribution is -2.18. The zero-order valence-corrected chi connectivity index (χ0v) is 18.7. The highest BCUT2D eigenvalue weighted by Crippen LogP contribution is 2.28. The Morgan fingerprint density at radius 2 is 1.94 bits per heavy atom.